The summed E-state index contributed by atoms with van der Waals surface area (Å²) in [6.07, 6.45) is 0.457. The lowest BCUT2D eigenvalue weighted by atomic mass is 10.1. The van der Waals surface area contributed by atoms with E-state index in [2.05, 4.69) is 4.72 Å². The Hall–Kier alpha value is -2.45. The van der Waals surface area contributed by atoms with Crippen LogP contribution in [0.2, 0.25) is 0 Å². The van der Waals surface area contributed by atoms with Gasteiger partial charge >= 0.3 is 0 Å². The number of benzene rings is 2. The molecule has 0 bridgehead atoms. The molecule has 2 aromatic carbocycles. The van der Waals surface area contributed by atoms with Crippen LogP contribution in [0.1, 0.15) is 5.56 Å². The highest BCUT2D eigenvalue weighted by Crippen LogP contribution is 2.28. The minimum absolute atomic E-state index is 0.0287. The van der Waals surface area contributed by atoms with Gasteiger partial charge < -0.3 is 18.9 Å². The number of nitrogens with one attached hydrogen (secondary N) is 1. The summed E-state index contributed by atoms with van der Waals surface area (Å²) in [6, 6.07) is 10.0. The fourth-order valence-corrected chi connectivity index (χ4v) is 3.66. The molecule has 1 N–H and O–H groups in total. The van der Waals surface area contributed by atoms with Gasteiger partial charge in [-0.2, -0.15) is 0 Å². The standard InChI is InChI=1S/C18H23NO6S/c1-22-14-6-5-13(17(11-14)25-4)9-10-19-26(20,21)18-12-15(23-2)7-8-16(18)24-3/h5-8,11-12,19H,9-10H2,1-4H3. The Bertz CT molecular complexity index is 851. The van der Waals surface area contributed by atoms with Gasteiger partial charge in [-0.05, 0) is 30.2 Å². The molecule has 0 fully saturated rings. The van der Waals surface area contributed by atoms with Crippen LogP contribution in [0.5, 0.6) is 23.0 Å². The molecule has 8 heteroatoms. The molecule has 2 aromatic rings. The van der Waals surface area contributed by atoms with Gasteiger partial charge in [0.05, 0.1) is 28.4 Å². The quantitative estimate of drug-likeness (QED) is 0.717. The third kappa shape index (κ3) is 4.59. The maximum Gasteiger partial charge on any atom is 0.244 e. The van der Waals surface area contributed by atoms with E-state index in [-0.39, 0.29) is 17.2 Å². The van der Waals surface area contributed by atoms with E-state index in [0.29, 0.717) is 23.7 Å². The molecule has 0 spiro atoms. The Morgan fingerprint density at radius 2 is 1.42 bits per heavy atom. The number of ether oxygens (including phenoxy) is 4. The maximum absolute atomic E-state index is 12.6. The van der Waals surface area contributed by atoms with Crippen molar-refractivity contribution in [2.75, 3.05) is 35.0 Å². The summed E-state index contributed by atoms with van der Waals surface area (Å²) in [5, 5.41) is 0. The predicted octanol–water partition coefficient (Wildman–Crippen LogP) is 2.24. The van der Waals surface area contributed by atoms with Crippen LogP contribution < -0.4 is 23.7 Å². The zero-order chi connectivity index (χ0) is 19.2. The van der Waals surface area contributed by atoms with E-state index in [1.165, 1.54) is 20.3 Å². The maximum atomic E-state index is 12.6. The van der Waals surface area contributed by atoms with E-state index in [1.54, 1.807) is 38.5 Å². The summed E-state index contributed by atoms with van der Waals surface area (Å²) in [4.78, 5) is 0.0287. The van der Waals surface area contributed by atoms with E-state index in [9.17, 15) is 8.42 Å². The van der Waals surface area contributed by atoms with Crippen molar-refractivity contribution in [3.8, 4) is 23.0 Å². The number of methoxy groups -OCH3 is 4. The monoisotopic (exact) mass is 381 g/mol. The minimum Gasteiger partial charge on any atom is -0.497 e. The van der Waals surface area contributed by atoms with Crippen LogP contribution in [-0.2, 0) is 16.4 Å². The van der Waals surface area contributed by atoms with E-state index in [0.717, 1.165) is 5.56 Å². The van der Waals surface area contributed by atoms with Crippen LogP contribution in [0.25, 0.3) is 0 Å². The van der Waals surface area contributed by atoms with Crippen LogP contribution in [0.3, 0.4) is 0 Å². The van der Waals surface area contributed by atoms with Crippen molar-refractivity contribution in [1.82, 2.24) is 4.72 Å². The Kier molecular flexibility index (Phi) is 6.70. The summed E-state index contributed by atoms with van der Waals surface area (Å²) >= 11 is 0. The highest BCUT2D eigenvalue weighted by Gasteiger charge is 2.20. The molecular weight excluding hydrogens is 358 g/mol. The second-order valence-corrected chi connectivity index (χ2v) is 7.08. The van der Waals surface area contributed by atoms with Gasteiger partial charge in [0, 0.05) is 18.7 Å². The predicted molar refractivity (Wildman–Crippen MR) is 98.0 cm³/mol. The lowest BCUT2D eigenvalue weighted by molar-refractivity contribution is 0.390. The first-order valence-corrected chi connectivity index (χ1v) is 9.36. The van der Waals surface area contributed by atoms with Gasteiger partial charge in [0.25, 0.3) is 0 Å². The fourth-order valence-electron chi connectivity index (χ4n) is 2.45. The van der Waals surface area contributed by atoms with Crippen molar-refractivity contribution >= 4 is 10.0 Å². The molecule has 26 heavy (non-hydrogen) atoms. The average molecular weight is 381 g/mol. The number of hydrogen-bond donors (Lipinski definition) is 1. The Morgan fingerprint density at radius 1 is 0.808 bits per heavy atom. The van der Waals surface area contributed by atoms with E-state index in [4.69, 9.17) is 18.9 Å². The molecule has 142 valence electrons. The normalized spacial score (nSPS) is 11.1. The highest BCUT2D eigenvalue weighted by atomic mass is 32.2. The zero-order valence-electron chi connectivity index (χ0n) is 15.2. The van der Waals surface area contributed by atoms with Crippen LogP contribution in [0.15, 0.2) is 41.3 Å². The van der Waals surface area contributed by atoms with Gasteiger partial charge in [0.15, 0.2) is 0 Å². The number of rotatable bonds is 9. The van der Waals surface area contributed by atoms with Crippen molar-refractivity contribution in [2.24, 2.45) is 0 Å². The van der Waals surface area contributed by atoms with Gasteiger partial charge in [-0.1, -0.05) is 6.07 Å². The van der Waals surface area contributed by atoms with E-state index in [1.807, 2.05) is 6.07 Å². The minimum atomic E-state index is -3.76. The van der Waals surface area contributed by atoms with Gasteiger partial charge in [-0.15, -0.1) is 0 Å². The number of hydrogen-bond acceptors (Lipinski definition) is 6. The molecule has 0 saturated heterocycles. The third-order valence-corrected chi connectivity index (χ3v) is 5.32. The van der Waals surface area contributed by atoms with Crippen LogP contribution in [0.4, 0.5) is 0 Å². The summed E-state index contributed by atoms with van der Waals surface area (Å²) in [5.41, 5.74) is 0.869. The van der Waals surface area contributed by atoms with Gasteiger partial charge in [-0.25, -0.2) is 13.1 Å². The van der Waals surface area contributed by atoms with E-state index >= 15 is 0 Å². The Labute approximate surface area is 153 Å². The van der Waals surface area contributed by atoms with Crippen molar-refractivity contribution in [3.63, 3.8) is 0 Å². The molecule has 0 atom stereocenters. The summed E-state index contributed by atoms with van der Waals surface area (Å²) in [6.45, 7) is 0.200. The first kappa shape index (κ1) is 19.9. The van der Waals surface area contributed by atoms with Gasteiger partial charge in [-0.3, -0.25) is 0 Å². The largest absolute Gasteiger partial charge is 0.497 e. The van der Waals surface area contributed by atoms with Crippen molar-refractivity contribution in [3.05, 3.63) is 42.0 Å². The average Bonchev–Trinajstić information content (AvgIpc) is 2.67. The zero-order valence-corrected chi connectivity index (χ0v) is 16.1. The smallest absolute Gasteiger partial charge is 0.244 e. The third-order valence-electron chi connectivity index (χ3n) is 3.84. The molecule has 0 aromatic heterocycles. The molecule has 0 aliphatic rings. The molecule has 7 nitrogen and oxygen atoms in total. The lowest BCUT2D eigenvalue weighted by Crippen LogP contribution is -2.26. The molecule has 0 aliphatic heterocycles. The topological polar surface area (TPSA) is 83.1 Å². The van der Waals surface area contributed by atoms with Gasteiger partial charge in [0.1, 0.15) is 27.9 Å². The van der Waals surface area contributed by atoms with Crippen LogP contribution >= 0.6 is 0 Å². The SMILES string of the molecule is COc1ccc(CCNS(=O)(=O)c2cc(OC)ccc2OC)c(OC)c1. The molecule has 0 amide bonds. The summed E-state index contributed by atoms with van der Waals surface area (Å²) < 4.78 is 48.6. The number of sulfonamides is 1. The fraction of sp³-hybridized carbons (Fsp3) is 0.333. The second kappa shape index (κ2) is 8.77. The van der Waals surface area contributed by atoms with Gasteiger partial charge in [0.2, 0.25) is 10.0 Å². The Morgan fingerprint density at radius 3 is 2.04 bits per heavy atom. The molecule has 2 rings (SSSR count). The molecule has 0 radical (unpaired) electrons. The first-order chi connectivity index (χ1) is 12.4. The molecule has 0 unspecified atom stereocenters. The lowest BCUT2D eigenvalue weighted by Gasteiger charge is -2.13. The van der Waals surface area contributed by atoms with Crippen LogP contribution in [-0.4, -0.2) is 43.4 Å². The van der Waals surface area contributed by atoms with E-state index < -0.39 is 10.0 Å². The molecule has 0 aliphatic carbocycles. The molecular formula is C18H23NO6S. The van der Waals surface area contributed by atoms with Crippen molar-refractivity contribution in [1.29, 1.82) is 0 Å². The van der Waals surface area contributed by atoms with Crippen molar-refractivity contribution in [2.45, 2.75) is 11.3 Å². The second-order valence-electron chi connectivity index (χ2n) is 5.34. The molecule has 0 heterocycles. The Balaban J connectivity index is 2.14. The highest BCUT2D eigenvalue weighted by molar-refractivity contribution is 7.89. The molecule has 0 saturated carbocycles. The first-order valence-electron chi connectivity index (χ1n) is 7.87. The van der Waals surface area contributed by atoms with Crippen molar-refractivity contribution < 1.29 is 27.4 Å². The van der Waals surface area contributed by atoms with Crippen LogP contribution in [0, 0.1) is 0 Å². The summed E-state index contributed by atoms with van der Waals surface area (Å²) in [5.74, 6) is 2.00. The summed E-state index contributed by atoms with van der Waals surface area (Å²) in [7, 11) is 2.27.